The van der Waals surface area contributed by atoms with Crippen LogP contribution in [0.4, 0.5) is 0 Å². The Kier molecular flexibility index (Phi) is 42.0. The minimum Gasteiger partial charge on any atom is -0.744 e. The number of unbranched alkanes of at least 4 members (excludes halogenated alkanes) is 20. The zero-order chi connectivity index (χ0) is 27.4. The van der Waals surface area contributed by atoms with Crippen molar-refractivity contribution in [3.63, 3.8) is 0 Å². The van der Waals surface area contributed by atoms with E-state index in [-0.39, 0.29) is 59.1 Å². The average Bonchev–Trinajstić information content (AvgIpc) is 2.79. The van der Waals surface area contributed by atoms with Crippen LogP contribution in [-0.4, -0.2) is 25.9 Å². The summed E-state index contributed by atoms with van der Waals surface area (Å²) in [5.41, 5.74) is 0. The van der Waals surface area contributed by atoms with E-state index < -0.39 is 20.2 Å². The molecule has 0 aromatic carbocycles. The number of allylic oxidation sites excluding steroid dienone is 2. The molecule has 0 saturated heterocycles. The van der Waals surface area contributed by atoms with Gasteiger partial charge in [0.25, 0.3) is 0 Å². The maximum absolute atomic E-state index is 10.3. The van der Waals surface area contributed by atoms with Gasteiger partial charge in [0, 0.05) is 10.8 Å². The van der Waals surface area contributed by atoms with Crippen molar-refractivity contribution < 1.29 is 85.1 Å². The van der Waals surface area contributed by atoms with Gasteiger partial charge in [0.2, 0.25) is 0 Å². The second kappa shape index (κ2) is 34.5. The third kappa shape index (κ3) is 50.2. The van der Waals surface area contributed by atoms with Crippen molar-refractivity contribution in [2.75, 3.05) is 0 Å². The molecule has 0 unspecified atom stereocenters. The summed E-state index contributed by atoms with van der Waals surface area (Å²) in [6.45, 7) is 4.46. The van der Waals surface area contributed by atoms with Crippen molar-refractivity contribution >= 4 is 20.2 Å². The third-order valence-corrected chi connectivity index (χ3v) is 7.03. The summed E-state index contributed by atoms with van der Waals surface area (Å²) in [4.78, 5) is 0. The van der Waals surface area contributed by atoms with Crippen LogP contribution in [0.5, 0.6) is 0 Å². The molecule has 0 aliphatic heterocycles. The first kappa shape index (κ1) is 46.3. The van der Waals surface area contributed by atoms with Crippen LogP contribution in [0.2, 0.25) is 0 Å². The number of hydrogen-bond acceptors (Lipinski definition) is 6. The van der Waals surface area contributed by atoms with Gasteiger partial charge in [-0.15, -0.1) is 0 Å². The Morgan fingerprint density at radius 3 is 0.842 bits per heavy atom. The quantitative estimate of drug-likeness (QED) is 0.0962. The second-order valence-corrected chi connectivity index (χ2v) is 12.2. The van der Waals surface area contributed by atoms with E-state index in [0.29, 0.717) is 12.8 Å². The molecule has 0 N–H and O–H groups in total. The van der Waals surface area contributed by atoms with Crippen LogP contribution in [0.3, 0.4) is 0 Å². The van der Waals surface area contributed by atoms with E-state index in [1.807, 2.05) is 0 Å². The van der Waals surface area contributed by atoms with E-state index in [4.69, 9.17) is 0 Å². The largest absolute Gasteiger partial charge is 1.00 e. The van der Waals surface area contributed by atoms with E-state index in [0.717, 1.165) is 36.5 Å². The van der Waals surface area contributed by atoms with Crippen LogP contribution in [0.15, 0.2) is 23.0 Å². The maximum Gasteiger partial charge on any atom is 1.00 e. The first-order valence-corrected chi connectivity index (χ1v) is 17.3. The maximum atomic E-state index is 10.3. The Morgan fingerprint density at radius 1 is 0.421 bits per heavy atom. The van der Waals surface area contributed by atoms with Crippen molar-refractivity contribution in [2.45, 2.75) is 155 Å². The smallest absolute Gasteiger partial charge is 0.744 e. The van der Waals surface area contributed by atoms with Gasteiger partial charge >= 0.3 is 59.1 Å². The number of rotatable bonds is 24. The summed E-state index contributed by atoms with van der Waals surface area (Å²) in [5.74, 6) is 0. The zero-order valence-electron chi connectivity index (χ0n) is 25.1. The second-order valence-electron chi connectivity index (χ2n) is 9.67. The molecule has 10 heteroatoms. The predicted octanol–water partition coefficient (Wildman–Crippen LogP) is 2.72. The molecule has 6 nitrogen and oxygen atoms in total. The van der Waals surface area contributed by atoms with Gasteiger partial charge in [0.05, 0.1) is 0 Å². The zero-order valence-corrected chi connectivity index (χ0v) is 30.8. The molecule has 0 fully saturated rings. The van der Waals surface area contributed by atoms with Crippen LogP contribution < -0.4 is 59.1 Å². The van der Waals surface area contributed by atoms with Crippen molar-refractivity contribution in [1.82, 2.24) is 0 Å². The Hall–Kier alpha value is 1.30. The van der Waals surface area contributed by atoms with Crippen molar-refractivity contribution in [3.05, 3.63) is 23.0 Å². The molecule has 0 aromatic heterocycles. The molecule has 0 radical (unpaired) electrons. The Morgan fingerprint density at radius 2 is 0.632 bits per heavy atom. The molecule has 0 aliphatic carbocycles. The molecule has 0 saturated carbocycles. The molecule has 0 bridgehead atoms. The topological polar surface area (TPSA) is 114 Å². The van der Waals surface area contributed by atoms with Gasteiger partial charge in [-0.05, 0) is 25.7 Å². The molecular formula is C28H54Na2O6S2. The van der Waals surface area contributed by atoms with Crippen LogP contribution in [-0.2, 0) is 20.2 Å². The van der Waals surface area contributed by atoms with Gasteiger partial charge in [0.1, 0.15) is 20.2 Å². The monoisotopic (exact) mass is 596 g/mol. The molecule has 38 heavy (non-hydrogen) atoms. The standard InChI is InChI=1S/2C14H28O3S.2Na/c2*1-2-3-4-5-6-7-8-9-10-11-12-13-14-18(15,16)17;;/h2*13-14H,2-12H2,1H3,(H,15,16,17);;/q;;2*+1/p-2. The molecular weight excluding hydrogens is 542 g/mol. The van der Waals surface area contributed by atoms with Crippen LogP contribution >= 0.6 is 0 Å². The molecule has 216 valence electrons. The fraction of sp³-hybridized carbons (Fsp3) is 0.857. The Balaban J connectivity index is -0.000000289. The molecule has 0 spiro atoms. The molecule has 0 amide bonds. The van der Waals surface area contributed by atoms with Gasteiger partial charge in [-0.1, -0.05) is 142 Å². The van der Waals surface area contributed by atoms with Crippen LogP contribution in [0.25, 0.3) is 0 Å². The van der Waals surface area contributed by atoms with Crippen molar-refractivity contribution in [2.24, 2.45) is 0 Å². The van der Waals surface area contributed by atoms with E-state index in [2.05, 4.69) is 13.8 Å². The fourth-order valence-corrected chi connectivity index (χ4v) is 4.61. The van der Waals surface area contributed by atoms with Crippen molar-refractivity contribution in [3.8, 4) is 0 Å². The fourth-order valence-electron chi connectivity index (χ4n) is 3.87. The number of hydrogen-bond donors (Lipinski definition) is 0. The van der Waals surface area contributed by atoms with Gasteiger partial charge in [0.15, 0.2) is 0 Å². The molecule has 0 rings (SSSR count). The first-order chi connectivity index (χ1) is 17.1. The van der Waals surface area contributed by atoms with Gasteiger partial charge in [-0.25, -0.2) is 16.8 Å². The molecule has 0 aromatic rings. The summed E-state index contributed by atoms with van der Waals surface area (Å²) in [6, 6.07) is 0. The molecule has 0 aliphatic rings. The summed E-state index contributed by atoms with van der Waals surface area (Å²) in [5, 5.41) is 1.53. The molecule has 0 atom stereocenters. The SMILES string of the molecule is CCCCCCCCCCCCC=CS(=O)(=O)[O-].CCCCCCCCCCCCC=CS(=O)(=O)[O-].[Na+].[Na+]. The van der Waals surface area contributed by atoms with Crippen molar-refractivity contribution in [1.29, 1.82) is 0 Å². The Labute approximate surface area is 280 Å². The third-order valence-electron chi connectivity index (χ3n) is 5.97. The van der Waals surface area contributed by atoms with Crippen LogP contribution in [0.1, 0.15) is 155 Å². The first-order valence-electron chi connectivity index (χ1n) is 14.4. The van der Waals surface area contributed by atoms with Gasteiger partial charge in [-0.3, -0.25) is 0 Å². The summed E-state index contributed by atoms with van der Waals surface area (Å²) in [7, 11) is -8.33. The van der Waals surface area contributed by atoms with Gasteiger partial charge in [-0.2, -0.15) is 0 Å². The minimum absolute atomic E-state index is 0. The molecule has 0 heterocycles. The Bertz CT molecular complexity index is 662. The summed E-state index contributed by atoms with van der Waals surface area (Å²) >= 11 is 0. The summed E-state index contributed by atoms with van der Waals surface area (Å²) < 4.78 is 61.6. The van der Waals surface area contributed by atoms with E-state index in [1.54, 1.807) is 0 Å². The normalized spacial score (nSPS) is 11.7. The summed E-state index contributed by atoms with van der Waals surface area (Å²) in [6.07, 6.45) is 29.6. The minimum atomic E-state index is -4.17. The van der Waals surface area contributed by atoms with E-state index in [1.165, 1.54) is 115 Å². The van der Waals surface area contributed by atoms with E-state index >= 15 is 0 Å². The van der Waals surface area contributed by atoms with E-state index in [9.17, 15) is 25.9 Å². The van der Waals surface area contributed by atoms with Crippen LogP contribution in [0, 0.1) is 0 Å². The van der Waals surface area contributed by atoms with Gasteiger partial charge < -0.3 is 9.11 Å². The average molecular weight is 597 g/mol. The predicted molar refractivity (Wildman–Crippen MR) is 151 cm³/mol.